The summed E-state index contributed by atoms with van der Waals surface area (Å²) < 4.78 is 37.1. The van der Waals surface area contributed by atoms with E-state index in [9.17, 15) is 18.0 Å². The summed E-state index contributed by atoms with van der Waals surface area (Å²) in [5.41, 5.74) is 0. The van der Waals surface area contributed by atoms with E-state index in [1.165, 1.54) is 89.9 Å². The molecule has 0 fully saturated rings. The molecule has 0 aromatic rings. The van der Waals surface area contributed by atoms with Crippen molar-refractivity contribution in [2.24, 2.45) is 4.99 Å². The number of nitrogens with zero attached hydrogens (tertiary/aromatic N) is 2. The van der Waals surface area contributed by atoms with Gasteiger partial charge in [-0.15, -0.1) is 0 Å². The topological polar surface area (TPSA) is 126 Å². The van der Waals surface area contributed by atoms with E-state index < -0.39 is 10.0 Å². The van der Waals surface area contributed by atoms with Crippen LogP contribution in [0.5, 0.6) is 0 Å². The number of hydrogen-bond acceptors (Lipinski definition) is 8. The molecule has 0 bridgehead atoms. The van der Waals surface area contributed by atoms with Crippen molar-refractivity contribution in [3.8, 4) is 0 Å². The average Bonchev–Trinajstić information content (AvgIpc) is 3.19. The second kappa shape index (κ2) is 41.8. The van der Waals surface area contributed by atoms with Crippen LogP contribution in [0.15, 0.2) is 4.99 Å². The molecule has 344 valence electrons. The third-order valence-corrected chi connectivity index (χ3v) is 11.5. The maximum atomic E-state index is 12.8. The molecule has 0 aromatic heterocycles. The highest BCUT2D eigenvalue weighted by molar-refractivity contribution is 7.89. The third kappa shape index (κ3) is 40.9. The first-order valence-corrected chi connectivity index (χ1v) is 26.3. The van der Waals surface area contributed by atoms with E-state index in [-0.39, 0.29) is 24.0 Å². The summed E-state index contributed by atoms with van der Waals surface area (Å²) in [6.07, 6.45) is 38.2. The molecule has 0 saturated carbocycles. The Morgan fingerprint density at radius 3 is 1.45 bits per heavy atom. The fourth-order valence-corrected chi connectivity index (χ4v) is 7.92. The lowest BCUT2D eigenvalue weighted by molar-refractivity contribution is -0.150. The van der Waals surface area contributed by atoms with Crippen molar-refractivity contribution in [2.45, 2.75) is 239 Å². The van der Waals surface area contributed by atoms with Gasteiger partial charge in [0.25, 0.3) is 0 Å². The molecule has 10 nitrogen and oxygen atoms in total. The van der Waals surface area contributed by atoms with Gasteiger partial charge in [0.1, 0.15) is 6.10 Å². The fraction of sp³-hybridized carbons (Fsp3) is 0.936. The Hall–Kier alpha value is -1.88. The van der Waals surface area contributed by atoms with Crippen LogP contribution in [0.4, 0.5) is 0 Å². The Bertz CT molecular complexity index is 1070. The molecule has 58 heavy (non-hydrogen) atoms. The van der Waals surface area contributed by atoms with Crippen LogP contribution < -0.4 is 10.0 Å². The maximum Gasteiger partial charge on any atom is 0.306 e. The smallest absolute Gasteiger partial charge is 0.306 e. The zero-order chi connectivity index (χ0) is 42.8. The average molecular weight is 843 g/mol. The first kappa shape index (κ1) is 56.1. The second-order valence-electron chi connectivity index (χ2n) is 16.8. The van der Waals surface area contributed by atoms with Crippen LogP contribution in [0.1, 0.15) is 233 Å². The van der Waals surface area contributed by atoms with Gasteiger partial charge in [0.05, 0.1) is 12.9 Å². The van der Waals surface area contributed by atoms with E-state index in [0.29, 0.717) is 26.0 Å². The number of ether oxygens (including phenoxy) is 2. The highest BCUT2D eigenvalue weighted by atomic mass is 32.2. The van der Waals surface area contributed by atoms with Crippen molar-refractivity contribution < 1.29 is 27.5 Å². The van der Waals surface area contributed by atoms with Crippen LogP contribution in [-0.4, -0.2) is 83.4 Å². The van der Waals surface area contributed by atoms with Crippen LogP contribution in [0, 0.1) is 0 Å². The van der Waals surface area contributed by atoms with Crippen molar-refractivity contribution in [1.29, 1.82) is 0 Å². The summed E-state index contributed by atoms with van der Waals surface area (Å²) in [5, 5.41) is 3.11. The quantitative estimate of drug-likeness (QED) is 0.0269. The van der Waals surface area contributed by atoms with E-state index in [2.05, 4.69) is 40.7 Å². The normalized spacial score (nSPS) is 12.6. The van der Waals surface area contributed by atoms with Crippen LogP contribution in [0.25, 0.3) is 0 Å². The molecule has 1 atom stereocenters. The Kier molecular flexibility index (Phi) is 40.5. The molecular weight excluding hydrogens is 749 g/mol. The number of carbonyl (C=O) groups excluding carboxylic acids is 2. The van der Waals surface area contributed by atoms with Gasteiger partial charge in [0.2, 0.25) is 16.0 Å². The molecule has 0 rings (SSSR count). The zero-order valence-electron chi connectivity index (χ0n) is 38.7. The van der Waals surface area contributed by atoms with Gasteiger partial charge in [-0.05, 0) is 83.8 Å². The number of hydrogen-bond donors (Lipinski definition) is 2. The first-order chi connectivity index (χ1) is 28.1. The van der Waals surface area contributed by atoms with E-state index in [4.69, 9.17) is 9.47 Å². The summed E-state index contributed by atoms with van der Waals surface area (Å²) in [6.45, 7) is 10.9. The molecule has 0 radical (unpaired) electrons. The van der Waals surface area contributed by atoms with E-state index in [1.54, 1.807) is 7.05 Å². The summed E-state index contributed by atoms with van der Waals surface area (Å²) in [5.74, 6) is 0.214. The number of rotatable bonds is 43. The van der Waals surface area contributed by atoms with E-state index in [1.807, 2.05) is 0 Å². The minimum absolute atomic E-state index is 0.00827. The summed E-state index contributed by atoms with van der Waals surface area (Å²) in [7, 11) is -1.81. The van der Waals surface area contributed by atoms with E-state index >= 15 is 0 Å². The number of carbonyl (C=O) groups is 2. The number of esters is 2. The van der Waals surface area contributed by atoms with Crippen LogP contribution >= 0.6 is 0 Å². The molecule has 0 spiro atoms. The number of nitrogens with one attached hydrogen (secondary N) is 2. The first-order valence-electron chi connectivity index (χ1n) is 24.4. The minimum Gasteiger partial charge on any atom is -0.466 e. The SMILES string of the molecule is CCCCCCCCCOC(=O)CCCCCCCN(CCCCCCCC(=O)OC(CCCCCCC)CCCCCCCC)CCCNC(=NC)NS(C)(=O)=O. The molecule has 2 N–H and O–H groups in total. The monoisotopic (exact) mass is 843 g/mol. The fourth-order valence-electron chi connectivity index (χ4n) is 7.40. The molecule has 0 aromatic carbocycles. The molecule has 11 heteroatoms. The number of aliphatic imine (C=N–C) groups is 1. The minimum atomic E-state index is -3.38. The van der Waals surface area contributed by atoms with Crippen molar-refractivity contribution in [3.05, 3.63) is 0 Å². The molecule has 0 aliphatic carbocycles. The maximum absolute atomic E-state index is 12.8. The van der Waals surface area contributed by atoms with Gasteiger partial charge < -0.3 is 19.7 Å². The van der Waals surface area contributed by atoms with Gasteiger partial charge in [-0.1, -0.05) is 156 Å². The molecule has 1 unspecified atom stereocenters. The molecule has 0 aliphatic heterocycles. The predicted octanol–water partition coefficient (Wildman–Crippen LogP) is 11.8. The highest BCUT2D eigenvalue weighted by Crippen LogP contribution is 2.18. The number of unbranched alkanes of at least 4 members (excludes halogenated alkanes) is 23. The number of sulfonamides is 1. The lowest BCUT2D eigenvalue weighted by Crippen LogP contribution is -2.41. The lowest BCUT2D eigenvalue weighted by atomic mass is 10.0. The molecular formula is C47H94N4O6S. The van der Waals surface area contributed by atoms with Crippen molar-refractivity contribution in [2.75, 3.05) is 46.1 Å². The van der Waals surface area contributed by atoms with E-state index in [0.717, 1.165) is 135 Å². The van der Waals surface area contributed by atoms with Gasteiger partial charge in [0.15, 0.2) is 0 Å². The second-order valence-corrected chi connectivity index (χ2v) is 18.6. The predicted molar refractivity (Wildman–Crippen MR) is 246 cm³/mol. The third-order valence-electron chi connectivity index (χ3n) is 11.0. The van der Waals surface area contributed by atoms with Crippen molar-refractivity contribution >= 4 is 27.9 Å². The summed E-state index contributed by atoms with van der Waals surface area (Å²) >= 11 is 0. The van der Waals surface area contributed by atoms with Crippen molar-refractivity contribution in [3.63, 3.8) is 0 Å². The van der Waals surface area contributed by atoms with Gasteiger partial charge in [-0.3, -0.25) is 19.3 Å². The van der Waals surface area contributed by atoms with Gasteiger partial charge in [0, 0.05) is 26.4 Å². The van der Waals surface area contributed by atoms with Crippen LogP contribution in [0.3, 0.4) is 0 Å². The Labute approximate surface area is 359 Å². The highest BCUT2D eigenvalue weighted by Gasteiger charge is 2.15. The Morgan fingerprint density at radius 2 is 0.966 bits per heavy atom. The Morgan fingerprint density at radius 1 is 0.552 bits per heavy atom. The van der Waals surface area contributed by atoms with Crippen LogP contribution in [0.2, 0.25) is 0 Å². The standard InChI is InChI=1S/C47H94N4O6S/c1-6-9-12-15-17-26-33-43-56-45(52)37-29-22-18-24-31-40-51(42-34-39-49-47(48-4)50-58(5,54)55)41-32-25-19-23-30-38-46(53)57-44(35-27-20-14-11-8-3)36-28-21-16-13-10-7-2/h44H,6-43H2,1-5H3,(H2,48,49,50). The number of guanidine groups is 1. The molecule has 0 heterocycles. The van der Waals surface area contributed by atoms with Gasteiger partial charge in [-0.2, -0.15) is 0 Å². The van der Waals surface area contributed by atoms with Crippen LogP contribution in [-0.2, 0) is 29.1 Å². The summed E-state index contributed by atoms with van der Waals surface area (Å²) in [6, 6.07) is 0. The molecule has 0 amide bonds. The largest absolute Gasteiger partial charge is 0.466 e. The molecule has 0 aliphatic rings. The van der Waals surface area contributed by atoms with Gasteiger partial charge in [-0.25, -0.2) is 8.42 Å². The molecule has 0 saturated heterocycles. The van der Waals surface area contributed by atoms with Gasteiger partial charge >= 0.3 is 11.9 Å². The zero-order valence-corrected chi connectivity index (χ0v) is 39.5. The summed E-state index contributed by atoms with van der Waals surface area (Å²) in [4.78, 5) is 31.5. The van der Waals surface area contributed by atoms with Crippen molar-refractivity contribution in [1.82, 2.24) is 14.9 Å². The Balaban J connectivity index is 4.51. The lowest BCUT2D eigenvalue weighted by Gasteiger charge is -2.23.